The number of imidazole rings is 1. The van der Waals surface area contributed by atoms with Crippen LogP contribution in [0.4, 0.5) is 5.95 Å². The molecule has 0 saturated carbocycles. The number of anilines is 1. The summed E-state index contributed by atoms with van der Waals surface area (Å²) < 4.78 is 14.8. The normalized spacial score (nSPS) is 23.1. The number of nitrogens with zero attached hydrogens (tertiary/aromatic N) is 4. The maximum absolute atomic E-state index is 12.7. The number of nitriles is 1. The van der Waals surface area contributed by atoms with E-state index in [-0.39, 0.29) is 40.1 Å². The Labute approximate surface area is 206 Å². The molecular formula is C23H37N7O4Si. The van der Waals surface area contributed by atoms with Crippen molar-refractivity contribution in [2.75, 3.05) is 5.32 Å². The smallest absolute Gasteiger partial charge is 0.280 e. The molecule has 0 radical (unpaired) electrons. The van der Waals surface area contributed by atoms with Gasteiger partial charge in [-0.05, 0) is 31.0 Å². The van der Waals surface area contributed by atoms with Crippen LogP contribution in [0.15, 0.2) is 11.1 Å². The Kier molecular flexibility index (Phi) is 7.85. The van der Waals surface area contributed by atoms with Gasteiger partial charge in [0.1, 0.15) is 6.10 Å². The van der Waals surface area contributed by atoms with Crippen molar-refractivity contribution >= 4 is 31.3 Å². The number of ether oxygens (including phenoxy) is 1. The molecule has 1 amide bonds. The van der Waals surface area contributed by atoms with Crippen molar-refractivity contribution in [1.29, 1.82) is 5.26 Å². The molecule has 0 unspecified atom stereocenters. The number of amides is 1. The zero-order chi connectivity index (χ0) is 26.1. The molecule has 3 rings (SSSR count). The van der Waals surface area contributed by atoms with Crippen LogP contribution < -0.4 is 16.6 Å². The number of hydrogen-bond donors (Lipinski definition) is 3. The van der Waals surface area contributed by atoms with Crippen molar-refractivity contribution < 1.29 is 14.0 Å². The molecule has 35 heavy (non-hydrogen) atoms. The van der Waals surface area contributed by atoms with E-state index in [1.54, 1.807) is 18.4 Å². The third-order valence-electron chi connectivity index (χ3n) is 6.89. The van der Waals surface area contributed by atoms with Crippen molar-refractivity contribution in [1.82, 2.24) is 19.5 Å². The van der Waals surface area contributed by atoms with Gasteiger partial charge in [-0.3, -0.25) is 24.5 Å². The number of carbonyl (C=O) groups is 1. The van der Waals surface area contributed by atoms with Gasteiger partial charge in [-0.2, -0.15) is 10.2 Å². The number of nitrogens with one attached hydrogen (secondary N) is 2. The van der Waals surface area contributed by atoms with E-state index >= 15 is 0 Å². The topological polar surface area (TPSA) is 161 Å². The van der Waals surface area contributed by atoms with Crippen molar-refractivity contribution in [3.63, 3.8) is 0 Å². The second-order valence-electron chi connectivity index (χ2n) is 10.9. The molecule has 4 atom stereocenters. The molecule has 1 fully saturated rings. The second kappa shape index (κ2) is 10.2. The van der Waals surface area contributed by atoms with Crippen molar-refractivity contribution in [2.45, 2.75) is 96.5 Å². The van der Waals surface area contributed by atoms with Crippen LogP contribution in [-0.4, -0.2) is 52.0 Å². The van der Waals surface area contributed by atoms with Gasteiger partial charge < -0.3 is 14.9 Å². The summed E-state index contributed by atoms with van der Waals surface area (Å²) in [5, 5.41) is 11.5. The Hall–Kier alpha value is -2.59. The molecule has 2 aromatic heterocycles. The van der Waals surface area contributed by atoms with Crippen molar-refractivity contribution in [3.05, 3.63) is 16.7 Å². The van der Waals surface area contributed by atoms with Crippen LogP contribution >= 0.6 is 0 Å². The predicted molar refractivity (Wildman–Crippen MR) is 135 cm³/mol. The number of H-pyrrole nitrogens is 1. The zero-order valence-electron chi connectivity index (χ0n) is 21.6. The number of carbonyl (C=O) groups excluding carboxylic acids is 1. The minimum absolute atomic E-state index is 0.0395. The largest absolute Gasteiger partial charge is 0.408 e. The summed E-state index contributed by atoms with van der Waals surface area (Å²) in [6.45, 7) is 14.2. The number of hydrogen-bond acceptors (Lipinski definition) is 8. The average Bonchev–Trinajstić information content (AvgIpc) is 3.29. The third-order valence-corrected chi connectivity index (χ3v) is 11.4. The van der Waals surface area contributed by atoms with Gasteiger partial charge in [-0.25, -0.2) is 4.98 Å². The molecule has 0 aliphatic carbocycles. The number of aromatic nitrogens is 4. The number of fused-ring (bicyclic) bond motifs is 1. The average molecular weight is 504 g/mol. The number of nitrogens with two attached hydrogens (primary N) is 1. The zero-order valence-corrected chi connectivity index (χ0v) is 22.6. The maximum atomic E-state index is 12.7. The summed E-state index contributed by atoms with van der Waals surface area (Å²) in [6, 6.07) is 1.72. The monoisotopic (exact) mass is 503 g/mol. The van der Waals surface area contributed by atoms with E-state index in [1.165, 1.54) is 6.33 Å². The fourth-order valence-corrected chi connectivity index (χ4v) is 5.01. The Morgan fingerprint density at radius 1 is 1.43 bits per heavy atom. The van der Waals surface area contributed by atoms with Crippen LogP contribution in [0.5, 0.6) is 0 Å². The van der Waals surface area contributed by atoms with Crippen LogP contribution in [0.25, 0.3) is 11.2 Å². The summed E-state index contributed by atoms with van der Waals surface area (Å²) in [5.41, 5.74) is 6.59. The van der Waals surface area contributed by atoms with Gasteiger partial charge in [-0.1, -0.05) is 34.6 Å². The van der Waals surface area contributed by atoms with Crippen LogP contribution in [0.2, 0.25) is 18.1 Å². The molecule has 1 aliphatic rings. The van der Waals surface area contributed by atoms with Crippen LogP contribution in [0.3, 0.4) is 0 Å². The SMILES string of the molecule is CC(C)C(=O)Nc1nc2c(ncn2[C@@H]2O[C@@H](CCCC#N)[C@@H](N)[C@H]2O[Si](C)(C)C(C)(C)C)c(=O)[nH]1. The summed E-state index contributed by atoms with van der Waals surface area (Å²) in [4.78, 5) is 36.2. The van der Waals surface area contributed by atoms with Gasteiger partial charge in [0.15, 0.2) is 25.7 Å². The Morgan fingerprint density at radius 3 is 2.71 bits per heavy atom. The molecule has 11 nitrogen and oxygen atoms in total. The molecule has 1 aliphatic heterocycles. The van der Waals surface area contributed by atoms with Crippen LogP contribution in [0, 0.1) is 17.2 Å². The van der Waals surface area contributed by atoms with E-state index in [2.05, 4.69) is 60.2 Å². The van der Waals surface area contributed by atoms with Crippen molar-refractivity contribution in [3.8, 4) is 6.07 Å². The van der Waals surface area contributed by atoms with E-state index in [4.69, 9.17) is 20.2 Å². The molecule has 1 saturated heterocycles. The Morgan fingerprint density at radius 2 is 2.11 bits per heavy atom. The highest BCUT2D eigenvalue weighted by molar-refractivity contribution is 6.74. The summed E-state index contributed by atoms with van der Waals surface area (Å²) in [5.74, 6) is -0.513. The van der Waals surface area contributed by atoms with E-state index < -0.39 is 32.3 Å². The quantitative estimate of drug-likeness (QED) is 0.366. The van der Waals surface area contributed by atoms with Crippen LogP contribution in [0.1, 0.15) is 60.1 Å². The fraction of sp³-hybridized carbons (Fsp3) is 0.696. The number of unbranched alkanes of at least 4 members (excludes halogenated alkanes) is 1. The van der Waals surface area contributed by atoms with Crippen molar-refractivity contribution in [2.24, 2.45) is 11.7 Å². The third kappa shape index (κ3) is 5.64. The lowest BCUT2D eigenvalue weighted by molar-refractivity contribution is -0.118. The maximum Gasteiger partial charge on any atom is 0.280 e. The first-order valence-corrected chi connectivity index (χ1v) is 14.9. The Bertz CT molecular complexity index is 1160. The molecule has 4 N–H and O–H groups in total. The molecule has 0 bridgehead atoms. The molecule has 2 aromatic rings. The highest BCUT2D eigenvalue weighted by atomic mass is 28.4. The van der Waals surface area contributed by atoms with E-state index in [1.807, 2.05) is 0 Å². The van der Waals surface area contributed by atoms with Crippen LogP contribution in [-0.2, 0) is 14.0 Å². The van der Waals surface area contributed by atoms with Gasteiger partial charge in [0, 0.05) is 12.3 Å². The van der Waals surface area contributed by atoms with Gasteiger partial charge in [0.05, 0.1) is 24.5 Å². The first-order valence-electron chi connectivity index (χ1n) is 12.0. The van der Waals surface area contributed by atoms with E-state index in [0.29, 0.717) is 19.3 Å². The number of rotatable bonds is 8. The van der Waals surface area contributed by atoms with E-state index in [9.17, 15) is 9.59 Å². The summed E-state index contributed by atoms with van der Waals surface area (Å²) in [6.07, 6.45) is 1.67. The lowest BCUT2D eigenvalue weighted by atomic mass is 10.0. The second-order valence-corrected chi connectivity index (χ2v) is 15.7. The Balaban J connectivity index is 2.03. The molecule has 0 spiro atoms. The van der Waals surface area contributed by atoms with Gasteiger partial charge in [0.2, 0.25) is 11.9 Å². The first-order chi connectivity index (χ1) is 16.3. The van der Waals surface area contributed by atoms with E-state index in [0.717, 1.165) is 0 Å². The standard InChI is InChI=1S/C23H37N7O4Si/c1-13(2)19(31)28-22-27-18-16(20(32)29-22)26-12-30(18)21-17(34-35(6,7)23(3,4)5)15(25)14(33-21)10-8-9-11-24/h12-15,17,21H,8-10,25H2,1-7H3,(H2,27,28,29,31,32)/t14-,15+,17+,21+/m0/s1. The molecular weight excluding hydrogens is 466 g/mol. The number of aromatic amines is 1. The van der Waals surface area contributed by atoms with Gasteiger partial charge in [-0.15, -0.1) is 0 Å². The first kappa shape index (κ1) is 27.0. The minimum Gasteiger partial charge on any atom is -0.408 e. The fourth-order valence-electron chi connectivity index (χ4n) is 3.70. The molecule has 192 valence electrons. The summed E-state index contributed by atoms with van der Waals surface area (Å²) >= 11 is 0. The van der Waals surface area contributed by atoms with Gasteiger partial charge in [0.25, 0.3) is 5.56 Å². The lowest BCUT2D eigenvalue weighted by Gasteiger charge is -2.40. The highest BCUT2D eigenvalue weighted by Gasteiger charge is 2.49. The molecule has 3 heterocycles. The molecule has 0 aromatic carbocycles. The minimum atomic E-state index is -2.25. The van der Waals surface area contributed by atoms with Gasteiger partial charge >= 0.3 is 0 Å². The predicted octanol–water partition coefficient (Wildman–Crippen LogP) is 3.02. The summed E-state index contributed by atoms with van der Waals surface area (Å²) in [7, 11) is -2.25. The molecule has 12 heteroatoms. The lowest BCUT2D eigenvalue weighted by Crippen LogP contribution is -2.51. The highest BCUT2D eigenvalue weighted by Crippen LogP contribution is 2.42.